The Bertz CT molecular complexity index is 900. The molecule has 9 heteroatoms. The van der Waals surface area contributed by atoms with Gasteiger partial charge in [-0.3, -0.25) is 10.1 Å². The zero-order chi connectivity index (χ0) is 20.9. The van der Waals surface area contributed by atoms with Gasteiger partial charge in [-0.1, -0.05) is 57.6 Å². The van der Waals surface area contributed by atoms with Crippen molar-refractivity contribution in [2.24, 2.45) is 0 Å². The van der Waals surface area contributed by atoms with Gasteiger partial charge in [-0.25, -0.2) is 8.42 Å². The van der Waals surface area contributed by atoms with Crippen LogP contribution in [-0.4, -0.2) is 30.6 Å². The van der Waals surface area contributed by atoms with Crippen LogP contribution in [0.1, 0.15) is 58.0 Å². The van der Waals surface area contributed by atoms with E-state index < -0.39 is 22.0 Å². The van der Waals surface area contributed by atoms with Crippen molar-refractivity contribution in [3.05, 3.63) is 34.8 Å². The van der Waals surface area contributed by atoms with Crippen molar-refractivity contribution >= 4 is 32.4 Å². The maximum Gasteiger partial charge on any atom is 0.244 e. The van der Waals surface area contributed by atoms with Gasteiger partial charge in [0.2, 0.25) is 21.1 Å². The molecular formula is C19H28N4O3S2. The van der Waals surface area contributed by atoms with E-state index in [4.69, 9.17) is 0 Å². The summed E-state index contributed by atoms with van der Waals surface area (Å²) in [5.41, 5.74) is 0.966. The molecule has 0 spiro atoms. The molecule has 0 aliphatic carbocycles. The van der Waals surface area contributed by atoms with Crippen molar-refractivity contribution in [2.75, 3.05) is 5.32 Å². The summed E-state index contributed by atoms with van der Waals surface area (Å²) >= 11 is 1.31. The highest BCUT2D eigenvalue weighted by Gasteiger charge is 2.23. The minimum Gasteiger partial charge on any atom is -0.299 e. The molecule has 0 fully saturated rings. The van der Waals surface area contributed by atoms with Crippen molar-refractivity contribution in [3.8, 4) is 0 Å². The second-order valence-corrected chi connectivity index (χ2v) is 10.5. The van der Waals surface area contributed by atoms with Gasteiger partial charge in [0.05, 0.1) is 10.9 Å². The molecule has 1 heterocycles. The third-order valence-electron chi connectivity index (χ3n) is 4.20. The molecule has 1 atom stereocenters. The Balaban J connectivity index is 2.01. The highest BCUT2D eigenvalue weighted by molar-refractivity contribution is 7.89. The van der Waals surface area contributed by atoms with Crippen LogP contribution in [0, 0.1) is 0 Å². The summed E-state index contributed by atoms with van der Waals surface area (Å²) in [5, 5.41) is 11.8. The fourth-order valence-corrected chi connectivity index (χ4v) is 4.42. The first-order valence-corrected chi connectivity index (χ1v) is 11.6. The van der Waals surface area contributed by atoms with Gasteiger partial charge in [-0.2, -0.15) is 4.72 Å². The zero-order valence-corrected chi connectivity index (χ0v) is 18.6. The number of carbonyl (C=O) groups excluding carboxylic acids is 1. The van der Waals surface area contributed by atoms with Crippen LogP contribution in [-0.2, 0) is 26.7 Å². The molecular weight excluding hydrogens is 396 g/mol. The molecule has 7 nitrogen and oxygen atoms in total. The second-order valence-electron chi connectivity index (χ2n) is 7.71. The standard InChI is InChI=1S/C19H28N4O3S2/c1-6-7-8-16-21-22-18(27-16)20-17(24)13(2)23-28(25,26)15-11-9-14(10-12-15)19(3,4)5/h9-13,23H,6-8H2,1-5H3,(H,20,22,24)/t13-/m0/s1. The molecule has 2 aromatic rings. The van der Waals surface area contributed by atoms with Gasteiger partial charge in [-0.15, -0.1) is 10.2 Å². The molecule has 0 radical (unpaired) electrons. The van der Waals surface area contributed by atoms with Crippen molar-refractivity contribution in [3.63, 3.8) is 0 Å². The second kappa shape index (κ2) is 9.11. The number of aromatic nitrogens is 2. The first-order valence-electron chi connectivity index (χ1n) is 9.29. The highest BCUT2D eigenvalue weighted by atomic mass is 32.2. The Morgan fingerprint density at radius 3 is 2.39 bits per heavy atom. The van der Waals surface area contributed by atoms with Gasteiger partial charge in [0.25, 0.3) is 0 Å². The molecule has 0 saturated heterocycles. The Morgan fingerprint density at radius 2 is 1.82 bits per heavy atom. The van der Waals surface area contributed by atoms with Crippen molar-refractivity contribution in [2.45, 2.75) is 70.2 Å². The van der Waals surface area contributed by atoms with E-state index in [0.717, 1.165) is 29.8 Å². The van der Waals surface area contributed by atoms with Gasteiger partial charge in [0.1, 0.15) is 5.01 Å². The largest absolute Gasteiger partial charge is 0.299 e. The molecule has 0 unspecified atom stereocenters. The van der Waals surface area contributed by atoms with Crippen LogP contribution < -0.4 is 10.0 Å². The summed E-state index contributed by atoms with van der Waals surface area (Å²) in [6, 6.07) is 5.74. The third-order valence-corrected chi connectivity index (χ3v) is 6.65. The topological polar surface area (TPSA) is 101 Å². The smallest absolute Gasteiger partial charge is 0.244 e. The summed E-state index contributed by atoms with van der Waals surface area (Å²) in [4.78, 5) is 12.5. The number of aryl methyl sites for hydroxylation is 1. The fraction of sp³-hybridized carbons (Fsp3) is 0.526. The quantitative estimate of drug-likeness (QED) is 0.675. The highest BCUT2D eigenvalue weighted by Crippen LogP contribution is 2.23. The Morgan fingerprint density at radius 1 is 1.18 bits per heavy atom. The number of amides is 1. The molecule has 1 aromatic carbocycles. The van der Waals surface area contributed by atoms with Crippen LogP contribution in [0.3, 0.4) is 0 Å². The number of anilines is 1. The fourth-order valence-electron chi connectivity index (χ4n) is 2.44. The third kappa shape index (κ3) is 6.08. The lowest BCUT2D eigenvalue weighted by Crippen LogP contribution is -2.41. The van der Waals surface area contributed by atoms with E-state index in [-0.39, 0.29) is 10.3 Å². The summed E-state index contributed by atoms with van der Waals surface area (Å²) in [5.74, 6) is -0.479. The van der Waals surface area contributed by atoms with E-state index in [9.17, 15) is 13.2 Å². The number of hydrogen-bond acceptors (Lipinski definition) is 6. The molecule has 1 aromatic heterocycles. The van der Waals surface area contributed by atoms with Crippen LogP contribution in [0.5, 0.6) is 0 Å². The van der Waals surface area contributed by atoms with Crippen LogP contribution in [0.25, 0.3) is 0 Å². The summed E-state index contributed by atoms with van der Waals surface area (Å²) in [7, 11) is -3.81. The molecule has 0 bridgehead atoms. The van der Waals surface area contributed by atoms with E-state index in [2.05, 4.69) is 47.9 Å². The molecule has 2 N–H and O–H groups in total. The van der Waals surface area contributed by atoms with Crippen molar-refractivity contribution in [1.29, 1.82) is 0 Å². The zero-order valence-electron chi connectivity index (χ0n) is 16.9. The van der Waals surface area contributed by atoms with Gasteiger partial charge in [-0.05, 0) is 36.5 Å². The average molecular weight is 425 g/mol. The Labute approximate surface area is 171 Å². The van der Waals surface area contributed by atoms with Crippen molar-refractivity contribution in [1.82, 2.24) is 14.9 Å². The number of carbonyl (C=O) groups is 1. The number of nitrogens with zero attached hydrogens (tertiary/aromatic N) is 2. The monoisotopic (exact) mass is 424 g/mol. The summed E-state index contributed by atoms with van der Waals surface area (Å²) in [6.45, 7) is 9.76. The molecule has 0 saturated carbocycles. The predicted octanol–water partition coefficient (Wildman–Crippen LogP) is 3.48. The first-order chi connectivity index (χ1) is 13.0. The number of rotatable bonds is 8. The van der Waals surface area contributed by atoms with E-state index in [1.165, 1.54) is 18.3 Å². The van der Waals surface area contributed by atoms with Crippen LogP contribution in [0.15, 0.2) is 29.2 Å². The lowest BCUT2D eigenvalue weighted by molar-refractivity contribution is -0.117. The van der Waals surface area contributed by atoms with Gasteiger partial charge in [0, 0.05) is 6.42 Å². The number of benzene rings is 1. The minimum atomic E-state index is -3.81. The summed E-state index contributed by atoms with van der Waals surface area (Å²) < 4.78 is 27.5. The number of hydrogen-bond donors (Lipinski definition) is 2. The lowest BCUT2D eigenvalue weighted by Gasteiger charge is -2.19. The Hall–Kier alpha value is -1.84. The predicted molar refractivity (Wildman–Crippen MR) is 112 cm³/mol. The molecule has 154 valence electrons. The summed E-state index contributed by atoms with van der Waals surface area (Å²) in [6.07, 6.45) is 2.88. The molecule has 1 amide bonds. The lowest BCUT2D eigenvalue weighted by atomic mass is 9.87. The van der Waals surface area contributed by atoms with Gasteiger partial charge >= 0.3 is 0 Å². The molecule has 28 heavy (non-hydrogen) atoms. The number of nitrogens with one attached hydrogen (secondary N) is 2. The average Bonchev–Trinajstić information content (AvgIpc) is 3.06. The van der Waals surface area contributed by atoms with Gasteiger partial charge < -0.3 is 0 Å². The SMILES string of the molecule is CCCCc1nnc(NC(=O)[C@H](C)NS(=O)(=O)c2ccc(C(C)(C)C)cc2)s1. The van der Waals surface area contributed by atoms with E-state index in [1.807, 2.05) is 0 Å². The van der Waals surface area contributed by atoms with Crippen LogP contribution in [0.2, 0.25) is 0 Å². The van der Waals surface area contributed by atoms with Crippen LogP contribution in [0.4, 0.5) is 5.13 Å². The maximum atomic E-state index is 12.6. The van der Waals surface area contributed by atoms with E-state index >= 15 is 0 Å². The molecule has 0 aliphatic heterocycles. The van der Waals surface area contributed by atoms with Crippen LogP contribution >= 0.6 is 11.3 Å². The Kier molecular flexibility index (Phi) is 7.30. The number of sulfonamides is 1. The van der Waals surface area contributed by atoms with Crippen molar-refractivity contribution < 1.29 is 13.2 Å². The van der Waals surface area contributed by atoms with Gasteiger partial charge in [0.15, 0.2) is 0 Å². The minimum absolute atomic E-state index is 0.0688. The molecule has 2 rings (SSSR count). The maximum absolute atomic E-state index is 12.6. The normalized spacial score (nSPS) is 13.3. The first kappa shape index (κ1) is 22.4. The van der Waals surface area contributed by atoms with E-state index in [1.54, 1.807) is 24.3 Å². The molecule has 0 aliphatic rings. The number of unbranched alkanes of at least 4 members (excludes halogenated alkanes) is 1. The van der Waals surface area contributed by atoms with E-state index in [0.29, 0.717) is 5.13 Å².